The van der Waals surface area contributed by atoms with Crippen LogP contribution >= 0.6 is 0 Å². The summed E-state index contributed by atoms with van der Waals surface area (Å²) in [4.78, 5) is 0. The van der Waals surface area contributed by atoms with Crippen molar-refractivity contribution in [2.24, 2.45) is 0 Å². The van der Waals surface area contributed by atoms with Crippen LogP contribution in [0.3, 0.4) is 0 Å². The fourth-order valence-electron chi connectivity index (χ4n) is 1.42. The number of fused-ring (bicyclic) bond motifs is 1. The lowest BCUT2D eigenvalue weighted by molar-refractivity contribution is 0.612. The van der Waals surface area contributed by atoms with Gasteiger partial charge in [-0.1, -0.05) is 11.6 Å². The lowest BCUT2D eigenvalue weighted by Gasteiger charge is -1.92. The molecule has 0 radical (unpaired) electrons. The third kappa shape index (κ3) is 1.29. The highest BCUT2D eigenvalue weighted by Gasteiger charge is 2.04. The molecular weight excluding hydrogens is 162 g/mol. The van der Waals surface area contributed by atoms with Gasteiger partial charge in [0.2, 0.25) is 0 Å². The van der Waals surface area contributed by atoms with Crippen LogP contribution in [0.1, 0.15) is 11.1 Å². The topological polar surface area (TPSA) is 36.9 Å². The molecule has 2 heteroatoms. The first kappa shape index (κ1) is 7.88. The van der Waals surface area contributed by atoms with Crippen molar-refractivity contribution in [3.05, 3.63) is 35.6 Å². The zero-order valence-corrected chi connectivity index (χ0v) is 7.37. The molecule has 0 saturated carbocycles. The molecule has 64 valence electrons. The maximum absolute atomic E-state index is 8.58. The molecule has 2 aromatic rings. The number of nitriles is 1. The zero-order chi connectivity index (χ0) is 9.26. The van der Waals surface area contributed by atoms with E-state index in [2.05, 4.69) is 6.07 Å². The van der Waals surface area contributed by atoms with Gasteiger partial charge in [-0.05, 0) is 19.1 Å². The van der Waals surface area contributed by atoms with Crippen LogP contribution in [0.15, 0.2) is 28.9 Å². The Morgan fingerprint density at radius 2 is 2.31 bits per heavy atom. The zero-order valence-electron chi connectivity index (χ0n) is 7.37. The minimum absolute atomic E-state index is 0.413. The van der Waals surface area contributed by atoms with Crippen molar-refractivity contribution in [2.45, 2.75) is 13.3 Å². The van der Waals surface area contributed by atoms with E-state index >= 15 is 0 Å². The average Bonchev–Trinajstić information content (AvgIpc) is 2.49. The molecule has 1 aromatic carbocycles. The van der Waals surface area contributed by atoms with Gasteiger partial charge < -0.3 is 4.42 Å². The van der Waals surface area contributed by atoms with Gasteiger partial charge in [0.05, 0.1) is 18.8 Å². The molecule has 0 atom stereocenters. The third-order valence-electron chi connectivity index (χ3n) is 2.08. The fraction of sp³-hybridized carbons (Fsp3) is 0.182. The van der Waals surface area contributed by atoms with Crippen LogP contribution in [0.2, 0.25) is 0 Å². The smallest absolute Gasteiger partial charge is 0.134 e. The van der Waals surface area contributed by atoms with E-state index in [1.807, 2.05) is 25.1 Å². The van der Waals surface area contributed by atoms with E-state index in [-0.39, 0.29) is 0 Å². The van der Waals surface area contributed by atoms with E-state index in [1.165, 1.54) is 5.56 Å². The predicted octanol–water partition coefficient (Wildman–Crippen LogP) is 2.81. The van der Waals surface area contributed by atoms with E-state index in [4.69, 9.17) is 9.68 Å². The first-order chi connectivity index (χ1) is 6.31. The molecule has 0 unspecified atom stereocenters. The van der Waals surface area contributed by atoms with Gasteiger partial charge >= 0.3 is 0 Å². The maximum Gasteiger partial charge on any atom is 0.134 e. The molecule has 0 aliphatic heterocycles. The van der Waals surface area contributed by atoms with Gasteiger partial charge in [-0.3, -0.25) is 0 Å². The highest BCUT2D eigenvalue weighted by atomic mass is 16.3. The number of benzene rings is 1. The van der Waals surface area contributed by atoms with Crippen LogP contribution in [0.4, 0.5) is 0 Å². The first-order valence-electron chi connectivity index (χ1n) is 4.15. The van der Waals surface area contributed by atoms with Crippen LogP contribution in [0.5, 0.6) is 0 Å². The molecule has 0 bridgehead atoms. The number of furan rings is 1. The normalized spacial score (nSPS) is 10.2. The van der Waals surface area contributed by atoms with Crippen molar-refractivity contribution in [1.82, 2.24) is 0 Å². The Labute approximate surface area is 76.4 Å². The number of rotatable bonds is 1. The van der Waals surface area contributed by atoms with Crippen LogP contribution in [0, 0.1) is 18.3 Å². The van der Waals surface area contributed by atoms with Gasteiger partial charge in [-0.2, -0.15) is 5.26 Å². The molecule has 0 spiro atoms. The van der Waals surface area contributed by atoms with E-state index in [0.717, 1.165) is 16.5 Å². The number of hydrogen-bond donors (Lipinski definition) is 0. The Balaban J connectivity index is 2.66. The molecule has 1 aromatic heterocycles. The van der Waals surface area contributed by atoms with Crippen LogP contribution in [0.25, 0.3) is 11.0 Å². The fourth-order valence-corrected chi connectivity index (χ4v) is 1.42. The SMILES string of the molecule is Cc1ccc2occ(CC#N)c2c1. The van der Waals surface area contributed by atoms with E-state index < -0.39 is 0 Å². The minimum atomic E-state index is 0.413. The monoisotopic (exact) mass is 171 g/mol. The average molecular weight is 171 g/mol. The predicted molar refractivity (Wildman–Crippen MR) is 50.3 cm³/mol. The molecule has 0 saturated heterocycles. The second kappa shape index (κ2) is 2.95. The number of aryl methyl sites for hydroxylation is 1. The molecule has 2 nitrogen and oxygen atoms in total. The lowest BCUT2D eigenvalue weighted by Crippen LogP contribution is -1.78. The molecule has 13 heavy (non-hydrogen) atoms. The summed E-state index contributed by atoms with van der Waals surface area (Å²) in [5.41, 5.74) is 3.02. The molecular formula is C11H9NO. The Morgan fingerprint density at radius 1 is 1.46 bits per heavy atom. The summed E-state index contributed by atoms with van der Waals surface area (Å²) < 4.78 is 5.31. The van der Waals surface area contributed by atoms with Gasteiger partial charge in [0.1, 0.15) is 5.58 Å². The second-order valence-corrected chi connectivity index (χ2v) is 3.10. The van der Waals surface area contributed by atoms with Gasteiger partial charge in [0.25, 0.3) is 0 Å². The summed E-state index contributed by atoms with van der Waals surface area (Å²) >= 11 is 0. The Kier molecular flexibility index (Phi) is 1.79. The Morgan fingerprint density at radius 3 is 3.08 bits per heavy atom. The quantitative estimate of drug-likeness (QED) is 0.661. The Hall–Kier alpha value is -1.75. The van der Waals surface area contributed by atoms with Crippen molar-refractivity contribution >= 4 is 11.0 Å². The molecule has 0 fully saturated rings. The second-order valence-electron chi connectivity index (χ2n) is 3.10. The number of nitrogens with zero attached hydrogens (tertiary/aromatic N) is 1. The van der Waals surface area contributed by atoms with Crippen molar-refractivity contribution in [2.75, 3.05) is 0 Å². The summed E-state index contributed by atoms with van der Waals surface area (Å²) in [5, 5.41) is 9.63. The van der Waals surface area contributed by atoms with Gasteiger partial charge in [-0.25, -0.2) is 0 Å². The summed E-state index contributed by atoms with van der Waals surface area (Å²) in [5.74, 6) is 0. The molecule has 0 amide bonds. The van der Waals surface area contributed by atoms with Gasteiger partial charge in [0.15, 0.2) is 0 Å². The molecule has 0 aliphatic carbocycles. The highest BCUT2D eigenvalue weighted by molar-refractivity contribution is 5.81. The van der Waals surface area contributed by atoms with Crippen molar-refractivity contribution in [3.8, 4) is 6.07 Å². The van der Waals surface area contributed by atoms with E-state index in [9.17, 15) is 0 Å². The first-order valence-corrected chi connectivity index (χ1v) is 4.15. The lowest BCUT2D eigenvalue weighted by atomic mass is 10.1. The van der Waals surface area contributed by atoms with Gasteiger partial charge in [-0.15, -0.1) is 0 Å². The van der Waals surface area contributed by atoms with Crippen LogP contribution in [-0.2, 0) is 6.42 Å². The van der Waals surface area contributed by atoms with E-state index in [1.54, 1.807) is 6.26 Å². The standard InChI is InChI=1S/C11H9NO/c1-8-2-3-11-10(6-8)9(4-5-12)7-13-11/h2-3,6-7H,4H2,1H3. The van der Waals surface area contributed by atoms with Crippen LogP contribution < -0.4 is 0 Å². The minimum Gasteiger partial charge on any atom is -0.464 e. The number of hydrogen-bond acceptors (Lipinski definition) is 2. The summed E-state index contributed by atoms with van der Waals surface area (Å²) in [7, 11) is 0. The van der Waals surface area contributed by atoms with Crippen molar-refractivity contribution in [3.63, 3.8) is 0 Å². The third-order valence-corrected chi connectivity index (χ3v) is 2.08. The molecule has 0 N–H and O–H groups in total. The van der Waals surface area contributed by atoms with Crippen molar-refractivity contribution in [1.29, 1.82) is 5.26 Å². The maximum atomic E-state index is 8.58. The van der Waals surface area contributed by atoms with Crippen LogP contribution in [-0.4, -0.2) is 0 Å². The van der Waals surface area contributed by atoms with Crippen molar-refractivity contribution < 1.29 is 4.42 Å². The summed E-state index contributed by atoms with van der Waals surface area (Å²) in [6.45, 7) is 2.03. The Bertz CT molecular complexity index is 476. The van der Waals surface area contributed by atoms with E-state index in [0.29, 0.717) is 6.42 Å². The largest absolute Gasteiger partial charge is 0.464 e. The summed E-state index contributed by atoms with van der Waals surface area (Å²) in [6.07, 6.45) is 2.07. The highest BCUT2D eigenvalue weighted by Crippen LogP contribution is 2.22. The molecule has 0 aliphatic rings. The molecule has 2 rings (SSSR count). The summed E-state index contributed by atoms with van der Waals surface area (Å²) in [6, 6.07) is 8.11. The van der Waals surface area contributed by atoms with Gasteiger partial charge in [0, 0.05) is 10.9 Å². The molecule has 1 heterocycles.